The fourth-order valence-electron chi connectivity index (χ4n) is 2.12. The Hall–Kier alpha value is -0.420. The number of rotatable bonds is 6. The molecule has 16 heavy (non-hydrogen) atoms. The van der Waals surface area contributed by atoms with Gasteiger partial charge in [0.15, 0.2) is 0 Å². The summed E-state index contributed by atoms with van der Waals surface area (Å²) in [7, 11) is 0. The second-order valence-electron chi connectivity index (χ2n) is 4.24. The molecule has 0 aromatic carbocycles. The van der Waals surface area contributed by atoms with Gasteiger partial charge in [0.1, 0.15) is 0 Å². The number of hydrogen-bond acceptors (Lipinski definition) is 4. The number of nitrogens with two attached hydrogens (primary N) is 1. The maximum Gasteiger partial charge on any atom is 0.0702 e. The molecule has 1 aromatic rings. The Balaban J connectivity index is 1.83. The lowest BCUT2D eigenvalue weighted by molar-refractivity contribution is 0.0720. The third-order valence-electron chi connectivity index (χ3n) is 2.89. The van der Waals surface area contributed by atoms with Crippen molar-refractivity contribution in [2.75, 3.05) is 26.2 Å². The second kappa shape index (κ2) is 6.35. The quantitative estimate of drug-likeness (QED) is 0.822. The predicted molar refractivity (Wildman–Crippen MR) is 67.6 cm³/mol. The summed E-state index contributed by atoms with van der Waals surface area (Å²) < 4.78 is 5.67. The van der Waals surface area contributed by atoms with Crippen molar-refractivity contribution < 1.29 is 4.74 Å². The molecule has 2 rings (SSSR count). The van der Waals surface area contributed by atoms with Crippen molar-refractivity contribution in [1.82, 2.24) is 4.90 Å². The molecule has 2 N–H and O–H groups in total. The predicted octanol–water partition coefficient (Wildman–Crippen LogP) is 1.69. The Morgan fingerprint density at radius 2 is 2.50 bits per heavy atom. The van der Waals surface area contributed by atoms with Gasteiger partial charge in [-0.25, -0.2) is 0 Å². The first-order valence-corrected chi connectivity index (χ1v) is 6.83. The van der Waals surface area contributed by atoms with Crippen LogP contribution in [0, 0.1) is 0 Å². The zero-order chi connectivity index (χ0) is 11.2. The zero-order valence-corrected chi connectivity index (χ0v) is 10.4. The van der Waals surface area contributed by atoms with E-state index in [1.165, 1.54) is 17.7 Å². The highest BCUT2D eigenvalue weighted by atomic mass is 32.1. The highest BCUT2D eigenvalue weighted by molar-refractivity contribution is 7.09. The molecule has 0 bridgehead atoms. The minimum Gasteiger partial charge on any atom is -0.377 e. The Morgan fingerprint density at radius 1 is 1.56 bits per heavy atom. The van der Waals surface area contributed by atoms with E-state index in [9.17, 15) is 0 Å². The molecule has 1 unspecified atom stereocenters. The highest BCUT2D eigenvalue weighted by Crippen LogP contribution is 2.16. The molecule has 2 heterocycles. The van der Waals surface area contributed by atoms with Crippen molar-refractivity contribution in [2.24, 2.45) is 5.73 Å². The summed E-state index contributed by atoms with van der Waals surface area (Å²) in [6.07, 6.45) is 2.83. The van der Waals surface area contributed by atoms with Crippen LogP contribution in [0.4, 0.5) is 0 Å². The number of nitrogens with zero attached hydrogens (tertiary/aromatic N) is 1. The van der Waals surface area contributed by atoms with Crippen molar-refractivity contribution in [3.63, 3.8) is 0 Å². The van der Waals surface area contributed by atoms with Gasteiger partial charge in [0.25, 0.3) is 0 Å². The van der Waals surface area contributed by atoms with Crippen LogP contribution in [0.1, 0.15) is 17.7 Å². The molecule has 0 aliphatic carbocycles. The van der Waals surface area contributed by atoms with Crippen LogP contribution in [-0.4, -0.2) is 37.2 Å². The van der Waals surface area contributed by atoms with Gasteiger partial charge in [-0.2, -0.15) is 0 Å². The van der Waals surface area contributed by atoms with Gasteiger partial charge in [0, 0.05) is 37.7 Å². The minimum atomic E-state index is 0.423. The fourth-order valence-corrected chi connectivity index (χ4v) is 2.86. The first kappa shape index (κ1) is 12.0. The van der Waals surface area contributed by atoms with Crippen LogP contribution >= 0.6 is 11.3 Å². The summed E-state index contributed by atoms with van der Waals surface area (Å²) >= 11 is 1.81. The van der Waals surface area contributed by atoms with Crippen LogP contribution in [0.3, 0.4) is 0 Å². The first-order valence-electron chi connectivity index (χ1n) is 5.95. The van der Waals surface area contributed by atoms with E-state index in [4.69, 9.17) is 10.5 Å². The van der Waals surface area contributed by atoms with Crippen LogP contribution in [0.25, 0.3) is 0 Å². The summed E-state index contributed by atoms with van der Waals surface area (Å²) in [6.45, 7) is 4.64. The molecular formula is C12H20N2OS. The number of hydrogen-bond donors (Lipinski definition) is 1. The highest BCUT2D eigenvalue weighted by Gasteiger charge is 2.19. The molecule has 90 valence electrons. The molecule has 0 amide bonds. The van der Waals surface area contributed by atoms with Crippen molar-refractivity contribution in [3.8, 4) is 0 Å². The van der Waals surface area contributed by atoms with Gasteiger partial charge in [-0.05, 0) is 24.3 Å². The molecule has 1 saturated heterocycles. The van der Waals surface area contributed by atoms with E-state index >= 15 is 0 Å². The lowest BCUT2D eigenvalue weighted by Gasteiger charge is -2.23. The van der Waals surface area contributed by atoms with Gasteiger partial charge in [-0.15, -0.1) is 11.3 Å². The Kier molecular flexibility index (Phi) is 4.78. The molecule has 0 saturated carbocycles. The first-order chi connectivity index (χ1) is 7.88. The van der Waals surface area contributed by atoms with Crippen molar-refractivity contribution >= 4 is 11.3 Å². The largest absolute Gasteiger partial charge is 0.377 e. The van der Waals surface area contributed by atoms with E-state index in [1.807, 2.05) is 11.3 Å². The summed E-state index contributed by atoms with van der Waals surface area (Å²) in [4.78, 5) is 3.81. The molecule has 1 aliphatic heterocycles. The Labute approximate surface area is 101 Å². The molecule has 4 heteroatoms. The van der Waals surface area contributed by atoms with Gasteiger partial charge in [-0.1, -0.05) is 6.07 Å². The van der Waals surface area contributed by atoms with Gasteiger partial charge in [-0.3, -0.25) is 4.90 Å². The van der Waals surface area contributed by atoms with Crippen LogP contribution in [0.2, 0.25) is 0 Å². The minimum absolute atomic E-state index is 0.423. The van der Waals surface area contributed by atoms with E-state index in [0.717, 1.165) is 32.8 Å². The van der Waals surface area contributed by atoms with E-state index in [2.05, 4.69) is 22.4 Å². The zero-order valence-electron chi connectivity index (χ0n) is 9.60. The van der Waals surface area contributed by atoms with Gasteiger partial charge in [0.05, 0.1) is 6.10 Å². The van der Waals surface area contributed by atoms with Crippen LogP contribution in [0.5, 0.6) is 0 Å². The monoisotopic (exact) mass is 240 g/mol. The molecule has 1 aromatic heterocycles. The number of thiophene rings is 1. The summed E-state index contributed by atoms with van der Waals surface area (Å²) in [5.74, 6) is 0. The second-order valence-corrected chi connectivity index (χ2v) is 5.27. The molecule has 0 spiro atoms. The summed E-state index contributed by atoms with van der Waals surface area (Å²) in [6, 6.07) is 4.29. The van der Waals surface area contributed by atoms with E-state index in [0.29, 0.717) is 6.10 Å². The molecule has 0 radical (unpaired) electrons. The average molecular weight is 240 g/mol. The average Bonchev–Trinajstić information content (AvgIpc) is 2.91. The van der Waals surface area contributed by atoms with Crippen LogP contribution < -0.4 is 5.73 Å². The standard InChI is InChI=1S/C12H20N2OS/c13-5-6-14(9-11-3-1-7-15-11)10-12-4-2-8-16-12/h2,4,8,11H,1,3,5-7,9-10,13H2. The lowest BCUT2D eigenvalue weighted by atomic mass is 10.2. The van der Waals surface area contributed by atoms with Gasteiger partial charge in [0.2, 0.25) is 0 Å². The lowest BCUT2D eigenvalue weighted by Crippen LogP contribution is -2.35. The summed E-state index contributed by atoms with van der Waals surface area (Å²) in [5, 5.41) is 2.13. The molecule has 1 aliphatic rings. The maximum absolute atomic E-state index is 5.67. The van der Waals surface area contributed by atoms with Crippen LogP contribution in [-0.2, 0) is 11.3 Å². The smallest absolute Gasteiger partial charge is 0.0702 e. The Bertz CT molecular complexity index is 283. The Morgan fingerprint density at radius 3 is 3.12 bits per heavy atom. The normalized spacial score (nSPS) is 20.8. The van der Waals surface area contributed by atoms with Crippen molar-refractivity contribution in [3.05, 3.63) is 22.4 Å². The molecular weight excluding hydrogens is 220 g/mol. The SMILES string of the molecule is NCCN(Cc1cccs1)CC1CCCO1. The summed E-state index contributed by atoms with van der Waals surface area (Å²) in [5.41, 5.74) is 5.65. The number of ether oxygens (including phenoxy) is 1. The molecule has 3 nitrogen and oxygen atoms in total. The van der Waals surface area contributed by atoms with Crippen molar-refractivity contribution in [1.29, 1.82) is 0 Å². The molecule has 1 atom stereocenters. The third kappa shape index (κ3) is 3.56. The fraction of sp³-hybridized carbons (Fsp3) is 0.667. The topological polar surface area (TPSA) is 38.5 Å². The van der Waals surface area contributed by atoms with E-state index in [-0.39, 0.29) is 0 Å². The molecule has 1 fully saturated rings. The third-order valence-corrected chi connectivity index (χ3v) is 3.75. The maximum atomic E-state index is 5.67. The van der Waals surface area contributed by atoms with Crippen LogP contribution in [0.15, 0.2) is 17.5 Å². The van der Waals surface area contributed by atoms with E-state index < -0.39 is 0 Å². The van der Waals surface area contributed by atoms with E-state index in [1.54, 1.807) is 0 Å². The van der Waals surface area contributed by atoms with Gasteiger partial charge >= 0.3 is 0 Å². The van der Waals surface area contributed by atoms with Gasteiger partial charge < -0.3 is 10.5 Å². The van der Waals surface area contributed by atoms with Crippen molar-refractivity contribution in [2.45, 2.75) is 25.5 Å².